The molecule has 6 nitrogen and oxygen atoms in total. The van der Waals surface area contributed by atoms with Crippen molar-refractivity contribution in [2.75, 3.05) is 32.7 Å². The van der Waals surface area contributed by atoms with Gasteiger partial charge in [-0.3, -0.25) is 14.5 Å². The van der Waals surface area contributed by atoms with Crippen molar-refractivity contribution in [2.45, 2.75) is 32.9 Å². The maximum atomic E-state index is 13.1. The minimum absolute atomic E-state index is 0.0267. The number of rotatable bonds is 7. The molecule has 1 aliphatic heterocycles. The molecule has 0 atom stereocenters. The molecule has 0 saturated carbocycles. The Morgan fingerprint density at radius 2 is 1.71 bits per heavy atom. The molecule has 0 aliphatic carbocycles. The van der Waals surface area contributed by atoms with Crippen LogP contribution in [0.25, 0.3) is 0 Å². The average Bonchev–Trinajstić information content (AvgIpc) is 2.99. The SMILES string of the molecule is CC(C)Oc1ccc(C(=O)NCC(=O)N2CCCN(Cc3ccc(F)cc3)CC2)cc1. The molecule has 3 rings (SSSR count). The number of halogens is 1. The van der Waals surface area contributed by atoms with E-state index in [-0.39, 0.29) is 30.3 Å². The molecule has 0 unspecified atom stereocenters. The van der Waals surface area contributed by atoms with E-state index in [4.69, 9.17) is 4.74 Å². The number of amides is 2. The summed E-state index contributed by atoms with van der Waals surface area (Å²) in [6.45, 7) is 7.48. The number of hydrogen-bond acceptors (Lipinski definition) is 4. The Morgan fingerprint density at radius 3 is 2.39 bits per heavy atom. The number of hydrogen-bond donors (Lipinski definition) is 1. The first-order valence-corrected chi connectivity index (χ1v) is 10.7. The van der Waals surface area contributed by atoms with Crippen LogP contribution >= 0.6 is 0 Å². The van der Waals surface area contributed by atoms with Gasteiger partial charge in [-0.2, -0.15) is 0 Å². The van der Waals surface area contributed by atoms with Crippen LogP contribution in [0.1, 0.15) is 36.2 Å². The van der Waals surface area contributed by atoms with Crippen LogP contribution < -0.4 is 10.1 Å². The summed E-state index contributed by atoms with van der Waals surface area (Å²) >= 11 is 0. The molecular formula is C24H30FN3O3. The fourth-order valence-electron chi connectivity index (χ4n) is 3.55. The molecule has 0 aromatic heterocycles. The van der Waals surface area contributed by atoms with E-state index in [0.717, 1.165) is 31.6 Å². The van der Waals surface area contributed by atoms with Gasteiger partial charge in [0.25, 0.3) is 5.91 Å². The lowest BCUT2D eigenvalue weighted by Gasteiger charge is -2.22. The Morgan fingerprint density at radius 1 is 1.00 bits per heavy atom. The van der Waals surface area contributed by atoms with Crippen LogP contribution in [-0.2, 0) is 11.3 Å². The zero-order chi connectivity index (χ0) is 22.2. The van der Waals surface area contributed by atoms with Crippen molar-refractivity contribution in [3.05, 3.63) is 65.5 Å². The molecule has 1 fully saturated rings. The van der Waals surface area contributed by atoms with Crippen molar-refractivity contribution < 1.29 is 18.7 Å². The van der Waals surface area contributed by atoms with E-state index >= 15 is 0 Å². The zero-order valence-electron chi connectivity index (χ0n) is 18.1. The fourth-order valence-corrected chi connectivity index (χ4v) is 3.55. The van der Waals surface area contributed by atoms with E-state index in [1.807, 2.05) is 13.8 Å². The normalized spacial score (nSPS) is 14.9. The standard InChI is InChI=1S/C24H30FN3O3/c1-18(2)31-22-10-6-20(7-11-22)24(30)26-16-23(29)28-13-3-12-27(14-15-28)17-19-4-8-21(25)9-5-19/h4-11,18H,3,12-17H2,1-2H3,(H,26,30). The van der Waals surface area contributed by atoms with E-state index < -0.39 is 0 Å². The highest BCUT2D eigenvalue weighted by Crippen LogP contribution is 2.14. The molecule has 0 radical (unpaired) electrons. The van der Waals surface area contributed by atoms with Crippen LogP contribution in [0.5, 0.6) is 5.75 Å². The van der Waals surface area contributed by atoms with Gasteiger partial charge in [0.2, 0.25) is 5.91 Å². The minimum atomic E-state index is -0.280. The first-order chi connectivity index (χ1) is 14.9. The predicted octanol–water partition coefficient (Wildman–Crippen LogP) is 3.08. The number of benzene rings is 2. The van der Waals surface area contributed by atoms with E-state index in [2.05, 4.69) is 10.2 Å². The van der Waals surface area contributed by atoms with E-state index in [0.29, 0.717) is 24.4 Å². The van der Waals surface area contributed by atoms with Gasteiger partial charge in [0.05, 0.1) is 12.6 Å². The van der Waals surface area contributed by atoms with Crippen LogP contribution in [0, 0.1) is 5.82 Å². The number of ether oxygens (including phenoxy) is 1. The molecule has 1 aliphatic rings. The second-order valence-corrected chi connectivity index (χ2v) is 8.01. The zero-order valence-corrected chi connectivity index (χ0v) is 18.1. The summed E-state index contributed by atoms with van der Waals surface area (Å²) < 4.78 is 18.7. The topological polar surface area (TPSA) is 61.9 Å². The highest BCUT2D eigenvalue weighted by Gasteiger charge is 2.20. The lowest BCUT2D eigenvalue weighted by Crippen LogP contribution is -2.42. The fraction of sp³-hybridized carbons (Fsp3) is 0.417. The Bertz CT molecular complexity index is 869. The van der Waals surface area contributed by atoms with Crippen molar-refractivity contribution in [2.24, 2.45) is 0 Å². The molecule has 0 bridgehead atoms. The lowest BCUT2D eigenvalue weighted by molar-refractivity contribution is -0.130. The van der Waals surface area contributed by atoms with Crippen LogP contribution in [0.2, 0.25) is 0 Å². The second-order valence-electron chi connectivity index (χ2n) is 8.01. The van der Waals surface area contributed by atoms with E-state index in [9.17, 15) is 14.0 Å². The average molecular weight is 428 g/mol. The van der Waals surface area contributed by atoms with Crippen LogP contribution in [0.4, 0.5) is 4.39 Å². The van der Waals surface area contributed by atoms with Crippen molar-refractivity contribution in [1.29, 1.82) is 0 Å². The molecule has 31 heavy (non-hydrogen) atoms. The molecule has 1 N–H and O–H groups in total. The Balaban J connectivity index is 1.44. The van der Waals surface area contributed by atoms with Gasteiger partial charge < -0.3 is 15.0 Å². The Kier molecular flexibility index (Phi) is 8.00. The molecular weight excluding hydrogens is 397 g/mol. The molecule has 1 heterocycles. The third kappa shape index (κ3) is 7.07. The first kappa shape index (κ1) is 22.7. The predicted molar refractivity (Wildman–Crippen MR) is 117 cm³/mol. The highest BCUT2D eigenvalue weighted by molar-refractivity contribution is 5.96. The maximum Gasteiger partial charge on any atom is 0.251 e. The first-order valence-electron chi connectivity index (χ1n) is 10.7. The van der Waals surface area contributed by atoms with Crippen molar-refractivity contribution >= 4 is 11.8 Å². The summed E-state index contributed by atoms with van der Waals surface area (Å²) in [4.78, 5) is 29.0. The van der Waals surface area contributed by atoms with E-state index in [1.165, 1.54) is 12.1 Å². The summed E-state index contributed by atoms with van der Waals surface area (Å²) in [5.41, 5.74) is 1.54. The van der Waals surface area contributed by atoms with Gasteiger partial charge in [-0.25, -0.2) is 4.39 Å². The summed E-state index contributed by atoms with van der Waals surface area (Å²) in [5, 5.41) is 2.71. The number of carbonyl (C=O) groups excluding carboxylic acids is 2. The highest BCUT2D eigenvalue weighted by atomic mass is 19.1. The lowest BCUT2D eigenvalue weighted by atomic mass is 10.2. The van der Waals surface area contributed by atoms with Gasteiger partial charge in [0.15, 0.2) is 0 Å². The molecule has 2 aromatic rings. The van der Waals surface area contributed by atoms with Gasteiger partial charge in [0, 0.05) is 38.3 Å². The Labute approximate surface area is 183 Å². The van der Waals surface area contributed by atoms with Gasteiger partial charge in [-0.1, -0.05) is 12.1 Å². The molecule has 1 saturated heterocycles. The van der Waals surface area contributed by atoms with Crippen molar-refractivity contribution in [3.8, 4) is 5.75 Å². The second kappa shape index (κ2) is 10.9. The number of nitrogens with one attached hydrogen (secondary N) is 1. The molecule has 7 heteroatoms. The molecule has 0 spiro atoms. The Hall–Kier alpha value is -2.93. The van der Waals surface area contributed by atoms with Gasteiger partial charge in [-0.15, -0.1) is 0 Å². The molecule has 2 aromatic carbocycles. The summed E-state index contributed by atoms with van der Waals surface area (Å²) in [6.07, 6.45) is 0.926. The van der Waals surface area contributed by atoms with Crippen molar-refractivity contribution in [3.63, 3.8) is 0 Å². The minimum Gasteiger partial charge on any atom is -0.491 e. The van der Waals surface area contributed by atoms with Crippen molar-refractivity contribution in [1.82, 2.24) is 15.1 Å². The summed E-state index contributed by atoms with van der Waals surface area (Å²) in [6, 6.07) is 13.4. The quantitative estimate of drug-likeness (QED) is 0.738. The maximum absolute atomic E-state index is 13.1. The van der Waals surface area contributed by atoms with E-state index in [1.54, 1.807) is 41.3 Å². The summed E-state index contributed by atoms with van der Waals surface area (Å²) in [7, 11) is 0. The number of carbonyl (C=O) groups is 2. The third-order valence-corrected chi connectivity index (χ3v) is 5.15. The van der Waals surface area contributed by atoms with Gasteiger partial charge >= 0.3 is 0 Å². The van der Waals surface area contributed by atoms with Crippen LogP contribution in [0.3, 0.4) is 0 Å². The summed E-state index contributed by atoms with van der Waals surface area (Å²) in [5.74, 6) is 0.101. The smallest absolute Gasteiger partial charge is 0.251 e. The monoisotopic (exact) mass is 427 g/mol. The largest absolute Gasteiger partial charge is 0.491 e. The van der Waals surface area contributed by atoms with Crippen LogP contribution in [0.15, 0.2) is 48.5 Å². The molecule has 166 valence electrons. The van der Waals surface area contributed by atoms with Gasteiger partial charge in [0.1, 0.15) is 11.6 Å². The third-order valence-electron chi connectivity index (χ3n) is 5.15. The number of nitrogens with zero attached hydrogens (tertiary/aromatic N) is 2. The molecule has 2 amide bonds. The van der Waals surface area contributed by atoms with Crippen LogP contribution in [-0.4, -0.2) is 60.4 Å². The van der Waals surface area contributed by atoms with Gasteiger partial charge in [-0.05, 0) is 62.2 Å².